The monoisotopic (exact) mass is 257 g/mol. The van der Waals surface area contributed by atoms with E-state index in [1.54, 1.807) is 0 Å². The summed E-state index contributed by atoms with van der Waals surface area (Å²) in [4.78, 5) is 8.89. The van der Waals surface area contributed by atoms with E-state index in [0.29, 0.717) is 16.8 Å². The number of hydrogen-bond acceptors (Lipinski definition) is 3. The summed E-state index contributed by atoms with van der Waals surface area (Å²) < 4.78 is 0. The van der Waals surface area contributed by atoms with Gasteiger partial charge >= 0.3 is 0 Å². The number of hydrogen-bond donors (Lipinski definition) is 1. The molecule has 0 radical (unpaired) electrons. The molecule has 0 fully saturated rings. The molecule has 0 aliphatic carbocycles. The first-order valence-electron chi connectivity index (χ1n) is 4.77. The Kier molecular flexibility index (Phi) is 4.32. The normalized spacial score (nSPS) is 14.9. The number of anilines is 1. The molecule has 0 aliphatic rings. The lowest BCUT2D eigenvalue weighted by Gasteiger charge is -2.14. The minimum atomic E-state index is 0.382. The van der Waals surface area contributed by atoms with Crippen LogP contribution in [-0.4, -0.2) is 20.8 Å². The van der Waals surface area contributed by atoms with Gasteiger partial charge in [0, 0.05) is 23.3 Å². The highest BCUT2D eigenvalue weighted by Gasteiger charge is 2.06. The van der Waals surface area contributed by atoms with Crippen molar-refractivity contribution >= 4 is 21.9 Å². The summed E-state index contributed by atoms with van der Waals surface area (Å²) >= 11 is 3.52. The van der Waals surface area contributed by atoms with Gasteiger partial charge in [0.2, 0.25) is 5.95 Å². The van der Waals surface area contributed by atoms with Gasteiger partial charge in [-0.05, 0) is 25.8 Å². The summed E-state index contributed by atoms with van der Waals surface area (Å²) in [5, 5.41) is 3.25. The third kappa shape index (κ3) is 4.05. The van der Waals surface area contributed by atoms with Crippen molar-refractivity contribution in [3.05, 3.63) is 18.0 Å². The van der Waals surface area contributed by atoms with Gasteiger partial charge < -0.3 is 5.32 Å². The Morgan fingerprint density at radius 2 is 1.93 bits per heavy atom. The Hall–Kier alpha value is -0.640. The fourth-order valence-electron chi connectivity index (χ4n) is 1.23. The van der Waals surface area contributed by atoms with Gasteiger partial charge in [0.25, 0.3) is 0 Å². The molecule has 1 rings (SSSR count). The molecule has 1 heterocycles. The zero-order valence-corrected chi connectivity index (χ0v) is 10.4. The minimum absolute atomic E-state index is 0.382. The molecule has 0 saturated heterocycles. The van der Waals surface area contributed by atoms with E-state index in [9.17, 15) is 0 Å². The molecule has 0 amide bonds. The van der Waals surface area contributed by atoms with Gasteiger partial charge in [-0.1, -0.05) is 22.9 Å². The molecule has 3 nitrogen and oxygen atoms in total. The van der Waals surface area contributed by atoms with Crippen molar-refractivity contribution in [2.75, 3.05) is 5.32 Å². The smallest absolute Gasteiger partial charge is 0.222 e. The van der Waals surface area contributed by atoms with Gasteiger partial charge in [-0.15, -0.1) is 0 Å². The summed E-state index contributed by atoms with van der Waals surface area (Å²) in [6.07, 6.45) is 4.69. The third-order valence-electron chi connectivity index (χ3n) is 1.83. The predicted octanol–water partition coefficient (Wildman–Crippen LogP) is 2.76. The Labute approximate surface area is 93.5 Å². The standard InChI is InChI=1S/C10H16BrN3/c1-7-5-12-10(13-6-7)14-9(3)4-8(2)11/h5-6,8-9H,4H2,1-3H3,(H,12,13,14). The Balaban J connectivity index is 2.47. The third-order valence-corrected chi connectivity index (χ3v) is 2.21. The second-order valence-corrected chi connectivity index (χ2v) is 5.21. The largest absolute Gasteiger partial charge is 0.352 e. The van der Waals surface area contributed by atoms with Crippen molar-refractivity contribution in [1.29, 1.82) is 0 Å². The van der Waals surface area contributed by atoms with Crippen molar-refractivity contribution in [1.82, 2.24) is 9.97 Å². The topological polar surface area (TPSA) is 37.8 Å². The van der Waals surface area contributed by atoms with Crippen LogP contribution in [0.25, 0.3) is 0 Å². The quantitative estimate of drug-likeness (QED) is 0.844. The van der Waals surface area contributed by atoms with Crippen molar-refractivity contribution in [2.24, 2.45) is 0 Å². The summed E-state index contributed by atoms with van der Waals surface area (Å²) in [7, 11) is 0. The van der Waals surface area contributed by atoms with Crippen LogP contribution in [0.15, 0.2) is 12.4 Å². The summed E-state index contributed by atoms with van der Waals surface area (Å²) in [5.74, 6) is 0.705. The molecule has 0 bridgehead atoms. The highest BCUT2D eigenvalue weighted by molar-refractivity contribution is 9.09. The van der Waals surface area contributed by atoms with E-state index >= 15 is 0 Å². The maximum Gasteiger partial charge on any atom is 0.222 e. The maximum absolute atomic E-state index is 4.19. The van der Waals surface area contributed by atoms with Crippen molar-refractivity contribution in [3.8, 4) is 0 Å². The fraction of sp³-hybridized carbons (Fsp3) is 0.600. The number of rotatable bonds is 4. The first-order chi connectivity index (χ1) is 6.58. The van der Waals surface area contributed by atoms with Gasteiger partial charge in [0.1, 0.15) is 0 Å². The van der Waals surface area contributed by atoms with Crippen molar-refractivity contribution in [3.63, 3.8) is 0 Å². The molecule has 1 aromatic rings. The van der Waals surface area contributed by atoms with E-state index in [1.165, 1.54) is 0 Å². The zero-order valence-electron chi connectivity index (χ0n) is 8.79. The number of alkyl halides is 1. The highest BCUT2D eigenvalue weighted by atomic mass is 79.9. The van der Waals surface area contributed by atoms with Crippen molar-refractivity contribution < 1.29 is 0 Å². The number of aryl methyl sites for hydroxylation is 1. The lowest BCUT2D eigenvalue weighted by Crippen LogP contribution is -2.19. The van der Waals surface area contributed by atoms with E-state index in [2.05, 4.69) is 45.1 Å². The average Bonchev–Trinajstić information content (AvgIpc) is 2.07. The molecule has 1 aromatic heterocycles. The van der Waals surface area contributed by atoms with Gasteiger partial charge in [-0.25, -0.2) is 9.97 Å². The highest BCUT2D eigenvalue weighted by Crippen LogP contribution is 2.10. The number of nitrogens with zero attached hydrogens (tertiary/aromatic N) is 2. The van der Waals surface area contributed by atoms with E-state index in [1.807, 2.05) is 19.3 Å². The number of halogens is 1. The first-order valence-corrected chi connectivity index (χ1v) is 5.68. The molecule has 2 unspecified atom stereocenters. The summed E-state index contributed by atoms with van der Waals surface area (Å²) in [6.45, 7) is 6.24. The second-order valence-electron chi connectivity index (χ2n) is 3.65. The van der Waals surface area contributed by atoms with Crippen molar-refractivity contribution in [2.45, 2.75) is 38.1 Å². The molecule has 2 atom stereocenters. The van der Waals surface area contributed by atoms with E-state index < -0.39 is 0 Å². The molecule has 78 valence electrons. The minimum Gasteiger partial charge on any atom is -0.352 e. The summed E-state index contributed by atoms with van der Waals surface area (Å²) in [5.41, 5.74) is 1.08. The van der Waals surface area contributed by atoms with E-state index in [0.717, 1.165) is 12.0 Å². The number of nitrogens with one attached hydrogen (secondary N) is 1. The molecule has 0 aliphatic heterocycles. The van der Waals surface area contributed by atoms with Crippen LogP contribution in [0.4, 0.5) is 5.95 Å². The number of aromatic nitrogens is 2. The van der Waals surface area contributed by atoms with Crippen LogP contribution in [0.5, 0.6) is 0 Å². The van der Waals surface area contributed by atoms with Crippen LogP contribution in [0.3, 0.4) is 0 Å². The van der Waals surface area contributed by atoms with Crippen LogP contribution in [0.1, 0.15) is 25.8 Å². The maximum atomic E-state index is 4.19. The van der Waals surface area contributed by atoms with Crippen LogP contribution in [0, 0.1) is 6.92 Å². The van der Waals surface area contributed by atoms with Gasteiger partial charge in [-0.3, -0.25) is 0 Å². The van der Waals surface area contributed by atoms with Crippen LogP contribution < -0.4 is 5.32 Å². The average molecular weight is 258 g/mol. The Morgan fingerprint density at radius 3 is 2.43 bits per heavy atom. The summed E-state index contributed by atoms with van der Waals surface area (Å²) in [6, 6.07) is 0.382. The molecule has 4 heteroatoms. The van der Waals surface area contributed by atoms with Gasteiger partial charge in [0.15, 0.2) is 0 Å². The molecule has 0 aromatic carbocycles. The molecule has 0 spiro atoms. The van der Waals surface area contributed by atoms with E-state index in [-0.39, 0.29) is 0 Å². The van der Waals surface area contributed by atoms with Gasteiger partial charge in [0.05, 0.1) is 0 Å². The first kappa shape index (κ1) is 11.4. The predicted molar refractivity (Wildman–Crippen MR) is 62.9 cm³/mol. The lowest BCUT2D eigenvalue weighted by atomic mass is 10.2. The van der Waals surface area contributed by atoms with Gasteiger partial charge in [-0.2, -0.15) is 0 Å². The fourth-order valence-corrected chi connectivity index (χ4v) is 1.79. The van der Waals surface area contributed by atoms with Crippen LogP contribution in [0.2, 0.25) is 0 Å². The van der Waals surface area contributed by atoms with E-state index in [4.69, 9.17) is 0 Å². The molecule has 14 heavy (non-hydrogen) atoms. The van der Waals surface area contributed by atoms with Crippen LogP contribution >= 0.6 is 15.9 Å². The zero-order chi connectivity index (χ0) is 10.6. The second kappa shape index (κ2) is 5.29. The Bertz CT molecular complexity index is 271. The molecular formula is C10H16BrN3. The SMILES string of the molecule is Cc1cnc(NC(C)CC(C)Br)nc1. The molecule has 0 saturated carbocycles. The van der Waals surface area contributed by atoms with Crippen LogP contribution in [-0.2, 0) is 0 Å². The lowest BCUT2D eigenvalue weighted by molar-refractivity contribution is 0.700. The molecule has 1 N–H and O–H groups in total. The Morgan fingerprint density at radius 1 is 1.36 bits per heavy atom. The molecular weight excluding hydrogens is 242 g/mol.